The predicted molar refractivity (Wildman–Crippen MR) is 91.0 cm³/mol. The number of nitrogens with zero attached hydrogens (tertiary/aromatic N) is 2. The van der Waals surface area contributed by atoms with E-state index in [1.807, 2.05) is 61.5 Å². The highest BCUT2D eigenvalue weighted by molar-refractivity contribution is 7.19. The van der Waals surface area contributed by atoms with Crippen molar-refractivity contribution in [2.75, 3.05) is 19.0 Å². The molecule has 0 bridgehead atoms. The molecular formula is C17H16N2OS. The van der Waals surface area contributed by atoms with Gasteiger partial charge in [-0.15, -0.1) is 11.3 Å². The number of phenolic OH excluding ortho intramolecular Hbond substituents is 1. The van der Waals surface area contributed by atoms with Crippen LogP contribution in [0.2, 0.25) is 0 Å². The fourth-order valence-corrected chi connectivity index (χ4v) is 2.94. The van der Waals surface area contributed by atoms with Gasteiger partial charge >= 0.3 is 0 Å². The average molecular weight is 296 g/mol. The highest BCUT2D eigenvalue weighted by atomic mass is 32.1. The van der Waals surface area contributed by atoms with Gasteiger partial charge in [0.05, 0.1) is 10.2 Å². The summed E-state index contributed by atoms with van der Waals surface area (Å²) in [5, 5.41) is 11.0. The van der Waals surface area contributed by atoms with E-state index < -0.39 is 0 Å². The molecule has 0 radical (unpaired) electrons. The van der Waals surface area contributed by atoms with Crippen LogP contribution in [0.4, 0.5) is 5.69 Å². The van der Waals surface area contributed by atoms with Gasteiger partial charge in [0, 0.05) is 31.4 Å². The zero-order valence-corrected chi connectivity index (χ0v) is 12.8. The Morgan fingerprint density at radius 1 is 1.10 bits per heavy atom. The third-order valence-corrected chi connectivity index (χ3v) is 4.25. The van der Waals surface area contributed by atoms with E-state index in [0.717, 1.165) is 21.8 Å². The van der Waals surface area contributed by atoms with Crippen LogP contribution < -0.4 is 4.90 Å². The smallest absolute Gasteiger partial charge is 0.124 e. The van der Waals surface area contributed by atoms with Crippen LogP contribution in [-0.2, 0) is 0 Å². The van der Waals surface area contributed by atoms with E-state index in [1.54, 1.807) is 17.4 Å². The summed E-state index contributed by atoms with van der Waals surface area (Å²) in [6.45, 7) is 0. The summed E-state index contributed by atoms with van der Waals surface area (Å²) in [7, 11) is 3.90. The Labute approximate surface area is 127 Å². The first kappa shape index (κ1) is 13.6. The SMILES string of the molecule is CN(C)c1ccc(/C=C/c2nc3ccccc3s2)c(O)c1. The maximum Gasteiger partial charge on any atom is 0.124 e. The quantitative estimate of drug-likeness (QED) is 0.785. The largest absolute Gasteiger partial charge is 0.507 e. The Hall–Kier alpha value is -2.33. The lowest BCUT2D eigenvalue weighted by Crippen LogP contribution is -2.08. The second-order valence-corrected chi connectivity index (χ2v) is 6.05. The molecule has 3 nitrogen and oxygen atoms in total. The van der Waals surface area contributed by atoms with Gasteiger partial charge in [-0.2, -0.15) is 0 Å². The molecule has 3 rings (SSSR count). The summed E-state index contributed by atoms with van der Waals surface area (Å²) in [6, 6.07) is 13.7. The standard InChI is InChI=1S/C17H16N2OS/c1-19(2)13-9-7-12(15(20)11-13)8-10-17-18-14-5-3-4-6-16(14)21-17/h3-11,20H,1-2H3/b10-8+. The summed E-state index contributed by atoms with van der Waals surface area (Å²) in [5.74, 6) is 0.276. The molecule has 21 heavy (non-hydrogen) atoms. The lowest BCUT2D eigenvalue weighted by atomic mass is 10.1. The number of para-hydroxylation sites is 1. The highest BCUT2D eigenvalue weighted by Crippen LogP contribution is 2.27. The van der Waals surface area contributed by atoms with Crippen molar-refractivity contribution in [2.45, 2.75) is 0 Å². The van der Waals surface area contributed by atoms with Gasteiger partial charge in [-0.1, -0.05) is 12.1 Å². The number of hydrogen-bond acceptors (Lipinski definition) is 4. The summed E-state index contributed by atoms with van der Waals surface area (Å²) in [4.78, 5) is 6.50. The first-order chi connectivity index (χ1) is 10.1. The molecule has 0 saturated heterocycles. The molecule has 0 unspecified atom stereocenters. The molecule has 106 valence electrons. The Morgan fingerprint density at radius 3 is 2.62 bits per heavy atom. The minimum atomic E-state index is 0.276. The van der Waals surface area contributed by atoms with Crippen LogP contribution in [0.1, 0.15) is 10.6 Å². The molecule has 3 aromatic rings. The maximum atomic E-state index is 10.1. The number of benzene rings is 2. The van der Waals surface area contributed by atoms with E-state index in [-0.39, 0.29) is 5.75 Å². The van der Waals surface area contributed by atoms with Gasteiger partial charge in [0.15, 0.2) is 0 Å². The van der Waals surface area contributed by atoms with Gasteiger partial charge in [0.2, 0.25) is 0 Å². The van der Waals surface area contributed by atoms with Gasteiger partial charge in [-0.05, 0) is 36.4 Å². The van der Waals surface area contributed by atoms with Crippen molar-refractivity contribution in [3.05, 3.63) is 53.0 Å². The molecule has 0 aliphatic heterocycles. The van der Waals surface area contributed by atoms with Gasteiger partial charge in [0.25, 0.3) is 0 Å². The fourth-order valence-electron chi connectivity index (χ4n) is 2.07. The van der Waals surface area contributed by atoms with E-state index >= 15 is 0 Å². The second-order valence-electron chi connectivity index (χ2n) is 4.99. The van der Waals surface area contributed by atoms with Crippen LogP contribution >= 0.6 is 11.3 Å². The first-order valence-electron chi connectivity index (χ1n) is 6.67. The molecule has 0 saturated carbocycles. The molecule has 0 aliphatic rings. The van der Waals surface area contributed by atoms with Gasteiger partial charge < -0.3 is 10.0 Å². The van der Waals surface area contributed by atoms with Crippen molar-refractivity contribution in [3.63, 3.8) is 0 Å². The lowest BCUT2D eigenvalue weighted by Gasteiger charge is -2.13. The second kappa shape index (κ2) is 5.58. The van der Waals surface area contributed by atoms with Gasteiger partial charge in [-0.25, -0.2) is 4.98 Å². The number of phenols is 1. The predicted octanol–water partition coefficient (Wildman–Crippen LogP) is 4.24. The number of thiazole rings is 1. The molecule has 0 atom stereocenters. The normalized spacial score (nSPS) is 11.3. The Kier molecular flexibility index (Phi) is 3.62. The molecule has 0 aliphatic carbocycles. The van der Waals surface area contributed by atoms with Crippen molar-refractivity contribution in [2.24, 2.45) is 0 Å². The number of hydrogen-bond donors (Lipinski definition) is 1. The average Bonchev–Trinajstić information content (AvgIpc) is 2.88. The van der Waals surface area contributed by atoms with E-state index in [0.29, 0.717) is 0 Å². The van der Waals surface area contributed by atoms with E-state index in [9.17, 15) is 5.11 Å². The molecule has 1 aromatic heterocycles. The zero-order valence-electron chi connectivity index (χ0n) is 11.9. The van der Waals surface area contributed by atoms with Crippen molar-refractivity contribution in [3.8, 4) is 5.75 Å². The Bertz CT molecular complexity index is 772. The molecule has 1 N–H and O–H groups in total. The highest BCUT2D eigenvalue weighted by Gasteiger charge is 2.03. The van der Waals surface area contributed by atoms with Crippen LogP contribution in [0, 0.1) is 0 Å². The van der Waals surface area contributed by atoms with Crippen LogP contribution in [0.25, 0.3) is 22.4 Å². The topological polar surface area (TPSA) is 36.4 Å². The van der Waals surface area contributed by atoms with Gasteiger partial charge in [-0.3, -0.25) is 0 Å². The summed E-state index contributed by atoms with van der Waals surface area (Å²) in [5.41, 5.74) is 2.78. The summed E-state index contributed by atoms with van der Waals surface area (Å²) >= 11 is 1.64. The van der Waals surface area contributed by atoms with Crippen molar-refractivity contribution in [1.29, 1.82) is 0 Å². The molecule has 4 heteroatoms. The van der Waals surface area contributed by atoms with Gasteiger partial charge in [0.1, 0.15) is 10.8 Å². The number of aromatic hydroxyl groups is 1. The first-order valence-corrected chi connectivity index (χ1v) is 7.49. The van der Waals surface area contributed by atoms with Crippen molar-refractivity contribution in [1.82, 2.24) is 4.98 Å². The number of rotatable bonds is 3. The minimum absolute atomic E-state index is 0.276. The Morgan fingerprint density at radius 2 is 1.90 bits per heavy atom. The van der Waals surface area contributed by atoms with Crippen molar-refractivity contribution < 1.29 is 5.11 Å². The van der Waals surface area contributed by atoms with E-state index in [1.165, 1.54) is 4.70 Å². The van der Waals surface area contributed by atoms with Crippen LogP contribution in [0.5, 0.6) is 5.75 Å². The minimum Gasteiger partial charge on any atom is -0.507 e. The maximum absolute atomic E-state index is 10.1. The van der Waals surface area contributed by atoms with Crippen molar-refractivity contribution >= 4 is 39.4 Å². The number of fused-ring (bicyclic) bond motifs is 1. The third-order valence-electron chi connectivity index (χ3n) is 3.25. The van der Waals surface area contributed by atoms with E-state index in [2.05, 4.69) is 11.1 Å². The third kappa shape index (κ3) is 2.90. The monoisotopic (exact) mass is 296 g/mol. The molecule has 0 fully saturated rings. The molecule has 1 heterocycles. The summed E-state index contributed by atoms with van der Waals surface area (Å²) in [6.07, 6.45) is 3.83. The van der Waals surface area contributed by atoms with E-state index in [4.69, 9.17) is 0 Å². The Balaban J connectivity index is 1.88. The number of aromatic nitrogens is 1. The fraction of sp³-hybridized carbons (Fsp3) is 0.118. The number of anilines is 1. The van der Waals surface area contributed by atoms with Crippen LogP contribution in [0.15, 0.2) is 42.5 Å². The summed E-state index contributed by atoms with van der Waals surface area (Å²) < 4.78 is 1.17. The molecule has 2 aromatic carbocycles. The zero-order chi connectivity index (χ0) is 14.8. The molecular weight excluding hydrogens is 280 g/mol. The molecule has 0 spiro atoms. The van der Waals surface area contributed by atoms with Crippen LogP contribution in [0.3, 0.4) is 0 Å². The molecule has 0 amide bonds. The lowest BCUT2D eigenvalue weighted by molar-refractivity contribution is 0.474. The van der Waals surface area contributed by atoms with Crippen LogP contribution in [-0.4, -0.2) is 24.2 Å².